The molecule has 1 aliphatic heterocycles. The van der Waals surface area contributed by atoms with Crippen LogP contribution in [0, 0.1) is 5.92 Å². The third-order valence-electron chi connectivity index (χ3n) is 4.97. The van der Waals surface area contributed by atoms with Crippen molar-refractivity contribution < 1.29 is 4.79 Å². The molecule has 1 saturated carbocycles. The lowest BCUT2D eigenvalue weighted by molar-refractivity contribution is -0.133. The summed E-state index contributed by atoms with van der Waals surface area (Å²) in [5.41, 5.74) is 2.28. The first-order valence-electron chi connectivity index (χ1n) is 8.44. The summed E-state index contributed by atoms with van der Waals surface area (Å²) in [5.74, 6) is 2.04. The summed E-state index contributed by atoms with van der Waals surface area (Å²) < 4.78 is 1.95. The minimum Gasteiger partial charge on any atom is -0.355 e. The van der Waals surface area contributed by atoms with Crippen molar-refractivity contribution in [3.63, 3.8) is 0 Å². The van der Waals surface area contributed by atoms with Crippen LogP contribution in [0.2, 0.25) is 0 Å². The van der Waals surface area contributed by atoms with Crippen LogP contribution in [0.25, 0.3) is 5.52 Å². The third kappa shape index (κ3) is 2.66. The van der Waals surface area contributed by atoms with Gasteiger partial charge in [0.25, 0.3) is 0 Å². The Bertz CT molecular complexity index is 726. The van der Waals surface area contributed by atoms with Gasteiger partial charge in [-0.05, 0) is 31.7 Å². The summed E-state index contributed by atoms with van der Waals surface area (Å²) in [6, 6.07) is 2.19. The van der Waals surface area contributed by atoms with Gasteiger partial charge < -0.3 is 9.80 Å². The molecule has 6 heteroatoms. The summed E-state index contributed by atoms with van der Waals surface area (Å²) in [6.07, 6.45) is 8.04. The SMILES string of the molecule is CN(C)C(=O)C1CCN(c2nccn3nc(C4CC4)cc23)CC1. The van der Waals surface area contributed by atoms with Crippen molar-refractivity contribution in [1.29, 1.82) is 0 Å². The lowest BCUT2D eigenvalue weighted by Gasteiger charge is -2.33. The molecule has 2 fully saturated rings. The Kier molecular flexibility index (Phi) is 3.47. The zero-order valence-corrected chi connectivity index (χ0v) is 13.8. The molecule has 23 heavy (non-hydrogen) atoms. The van der Waals surface area contributed by atoms with Crippen LogP contribution in [0.3, 0.4) is 0 Å². The largest absolute Gasteiger partial charge is 0.355 e. The van der Waals surface area contributed by atoms with Crippen LogP contribution in [-0.2, 0) is 4.79 Å². The van der Waals surface area contributed by atoms with E-state index in [-0.39, 0.29) is 11.8 Å². The number of rotatable bonds is 3. The smallest absolute Gasteiger partial charge is 0.225 e. The Morgan fingerprint density at radius 2 is 1.96 bits per heavy atom. The van der Waals surface area contributed by atoms with Crippen molar-refractivity contribution in [2.75, 3.05) is 32.1 Å². The van der Waals surface area contributed by atoms with E-state index < -0.39 is 0 Å². The second-order valence-electron chi connectivity index (χ2n) is 6.92. The Labute approximate surface area is 136 Å². The Hall–Kier alpha value is -2.11. The van der Waals surface area contributed by atoms with Crippen LogP contribution in [0.4, 0.5) is 5.82 Å². The van der Waals surface area contributed by atoms with Crippen LogP contribution in [0.1, 0.15) is 37.3 Å². The summed E-state index contributed by atoms with van der Waals surface area (Å²) in [4.78, 5) is 20.7. The molecule has 0 bridgehead atoms. The van der Waals surface area contributed by atoms with Gasteiger partial charge in [0, 0.05) is 51.4 Å². The normalized spacial score (nSPS) is 19.3. The molecule has 1 aliphatic carbocycles. The fourth-order valence-corrected chi connectivity index (χ4v) is 3.45. The van der Waals surface area contributed by atoms with E-state index in [1.54, 1.807) is 4.90 Å². The van der Waals surface area contributed by atoms with Crippen molar-refractivity contribution in [3.8, 4) is 0 Å². The molecular formula is C17H23N5O. The van der Waals surface area contributed by atoms with Gasteiger partial charge >= 0.3 is 0 Å². The highest BCUT2D eigenvalue weighted by Crippen LogP contribution is 2.40. The van der Waals surface area contributed by atoms with Gasteiger partial charge in [-0.1, -0.05) is 0 Å². The van der Waals surface area contributed by atoms with E-state index >= 15 is 0 Å². The van der Waals surface area contributed by atoms with Gasteiger partial charge in [0.1, 0.15) is 5.52 Å². The van der Waals surface area contributed by atoms with Crippen molar-refractivity contribution in [3.05, 3.63) is 24.2 Å². The molecule has 2 aliphatic rings. The molecule has 6 nitrogen and oxygen atoms in total. The Balaban J connectivity index is 1.55. The number of carbonyl (C=O) groups excluding carboxylic acids is 1. The minimum atomic E-state index is 0.146. The standard InChI is InChI=1S/C17H23N5O/c1-20(2)17(23)13-5-8-21(9-6-13)16-15-11-14(12-3-4-12)19-22(15)10-7-18-16/h7,10-13H,3-6,8-9H2,1-2H3. The number of piperidine rings is 1. The van der Waals surface area contributed by atoms with E-state index in [1.165, 1.54) is 18.5 Å². The van der Waals surface area contributed by atoms with Crippen LogP contribution in [0.15, 0.2) is 18.5 Å². The number of fused-ring (bicyclic) bond motifs is 1. The number of hydrogen-bond acceptors (Lipinski definition) is 4. The van der Waals surface area contributed by atoms with Crippen molar-refractivity contribution in [2.24, 2.45) is 5.92 Å². The van der Waals surface area contributed by atoms with Crippen molar-refractivity contribution in [1.82, 2.24) is 19.5 Å². The highest BCUT2D eigenvalue weighted by Gasteiger charge is 2.29. The Morgan fingerprint density at radius 1 is 1.22 bits per heavy atom. The van der Waals surface area contributed by atoms with Crippen molar-refractivity contribution >= 4 is 17.2 Å². The maximum atomic E-state index is 12.1. The monoisotopic (exact) mass is 313 g/mol. The molecular weight excluding hydrogens is 290 g/mol. The van der Waals surface area contributed by atoms with Crippen LogP contribution < -0.4 is 4.90 Å². The number of hydrogen-bond donors (Lipinski definition) is 0. The van der Waals surface area contributed by atoms with Gasteiger partial charge in [0.05, 0.1) is 5.69 Å². The van der Waals surface area contributed by atoms with E-state index in [2.05, 4.69) is 21.0 Å². The summed E-state index contributed by atoms with van der Waals surface area (Å²) >= 11 is 0. The molecule has 3 heterocycles. The molecule has 0 aromatic carbocycles. The number of carbonyl (C=O) groups is 1. The highest BCUT2D eigenvalue weighted by molar-refractivity contribution is 5.79. The molecule has 4 rings (SSSR count). The van der Waals surface area contributed by atoms with Crippen molar-refractivity contribution in [2.45, 2.75) is 31.6 Å². The van der Waals surface area contributed by atoms with Crippen LogP contribution in [-0.4, -0.2) is 52.6 Å². The molecule has 1 saturated heterocycles. The lowest BCUT2D eigenvalue weighted by Crippen LogP contribution is -2.40. The Morgan fingerprint density at radius 3 is 2.61 bits per heavy atom. The molecule has 0 unspecified atom stereocenters. The lowest BCUT2D eigenvalue weighted by atomic mass is 9.95. The summed E-state index contributed by atoms with van der Waals surface area (Å²) in [6.45, 7) is 1.75. The zero-order chi connectivity index (χ0) is 16.0. The third-order valence-corrected chi connectivity index (χ3v) is 4.97. The average molecular weight is 313 g/mol. The molecule has 0 radical (unpaired) electrons. The van der Waals surface area contributed by atoms with Gasteiger partial charge in [-0.3, -0.25) is 4.79 Å². The van der Waals surface area contributed by atoms with E-state index in [0.717, 1.165) is 37.3 Å². The van der Waals surface area contributed by atoms with Gasteiger partial charge in [-0.15, -0.1) is 0 Å². The van der Waals surface area contributed by atoms with E-state index in [9.17, 15) is 4.79 Å². The fourth-order valence-electron chi connectivity index (χ4n) is 3.45. The molecule has 0 spiro atoms. The summed E-state index contributed by atoms with van der Waals surface area (Å²) in [5, 5.41) is 4.69. The summed E-state index contributed by atoms with van der Waals surface area (Å²) in [7, 11) is 3.67. The molecule has 0 N–H and O–H groups in total. The minimum absolute atomic E-state index is 0.146. The molecule has 2 aromatic rings. The van der Waals surface area contributed by atoms with Gasteiger partial charge in [-0.2, -0.15) is 5.10 Å². The predicted octanol–water partition coefficient (Wildman–Crippen LogP) is 1.91. The maximum absolute atomic E-state index is 12.1. The number of anilines is 1. The second kappa shape index (κ2) is 5.51. The van der Waals surface area contributed by atoms with Gasteiger partial charge in [-0.25, -0.2) is 9.50 Å². The highest BCUT2D eigenvalue weighted by atomic mass is 16.2. The fraction of sp³-hybridized carbons (Fsp3) is 0.588. The van der Waals surface area contributed by atoms with Gasteiger partial charge in [0.2, 0.25) is 5.91 Å². The quantitative estimate of drug-likeness (QED) is 0.868. The van der Waals surface area contributed by atoms with Crippen LogP contribution in [0.5, 0.6) is 0 Å². The van der Waals surface area contributed by atoms with E-state index in [0.29, 0.717) is 5.92 Å². The first-order valence-corrected chi connectivity index (χ1v) is 8.44. The average Bonchev–Trinajstić information content (AvgIpc) is 3.32. The first kappa shape index (κ1) is 14.5. The zero-order valence-electron chi connectivity index (χ0n) is 13.8. The number of aromatic nitrogens is 3. The molecule has 0 atom stereocenters. The maximum Gasteiger partial charge on any atom is 0.225 e. The molecule has 2 aromatic heterocycles. The number of nitrogens with zero attached hydrogens (tertiary/aromatic N) is 5. The number of amides is 1. The second-order valence-corrected chi connectivity index (χ2v) is 6.92. The van der Waals surface area contributed by atoms with E-state index in [1.807, 2.05) is 31.0 Å². The van der Waals surface area contributed by atoms with E-state index in [4.69, 9.17) is 0 Å². The molecule has 122 valence electrons. The predicted molar refractivity (Wildman–Crippen MR) is 88.6 cm³/mol. The topological polar surface area (TPSA) is 53.7 Å². The van der Waals surface area contributed by atoms with Gasteiger partial charge in [0.15, 0.2) is 5.82 Å². The molecule has 1 amide bonds. The van der Waals surface area contributed by atoms with Crippen LogP contribution >= 0.6 is 0 Å². The first-order chi connectivity index (χ1) is 11.1.